The van der Waals surface area contributed by atoms with Gasteiger partial charge in [0.15, 0.2) is 0 Å². The molecular formula is C14H18N2O2S. The summed E-state index contributed by atoms with van der Waals surface area (Å²) in [6.07, 6.45) is 3.30. The third kappa shape index (κ3) is 2.52. The minimum Gasteiger partial charge on any atom is -0.355 e. The van der Waals surface area contributed by atoms with Crippen LogP contribution in [0.15, 0.2) is 16.8 Å². The van der Waals surface area contributed by atoms with Crippen LogP contribution in [0.2, 0.25) is 0 Å². The highest BCUT2D eigenvalue weighted by Crippen LogP contribution is 2.34. The summed E-state index contributed by atoms with van der Waals surface area (Å²) < 4.78 is 0. The quantitative estimate of drug-likeness (QED) is 0.898. The number of hydrogen-bond acceptors (Lipinski definition) is 3. The van der Waals surface area contributed by atoms with Crippen molar-refractivity contribution in [2.24, 2.45) is 5.92 Å². The second-order valence-corrected chi connectivity index (χ2v) is 6.07. The molecule has 1 aromatic heterocycles. The van der Waals surface area contributed by atoms with Gasteiger partial charge in [-0.3, -0.25) is 9.59 Å². The molecule has 2 atom stereocenters. The van der Waals surface area contributed by atoms with Crippen LogP contribution >= 0.6 is 11.3 Å². The van der Waals surface area contributed by atoms with E-state index < -0.39 is 0 Å². The number of carbonyl (C=O) groups excluding carboxylic acids is 2. The van der Waals surface area contributed by atoms with E-state index in [-0.39, 0.29) is 23.8 Å². The van der Waals surface area contributed by atoms with Crippen LogP contribution in [0, 0.1) is 5.92 Å². The van der Waals surface area contributed by atoms with Crippen LogP contribution in [0.1, 0.15) is 37.3 Å². The van der Waals surface area contributed by atoms with Gasteiger partial charge in [0.1, 0.15) is 0 Å². The lowest BCUT2D eigenvalue weighted by Crippen LogP contribution is -2.44. The third-order valence-corrected chi connectivity index (χ3v) is 4.78. The van der Waals surface area contributed by atoms with Gasteiger partial charge in [-0.25, -0.2) is 0 Å². The van der Waals surface area contributed by atoms with Crippen molar-refractivity contribution in [3.05, 3.63) is 22.4 Å². The molecular weight excluding hydrogens is 260 g/mol. The molecule has 102 valence electrons. The number of nitrogens with one attached hydrogen (secondary N) is 1. The highest BCUT2D eigenvalue weighted by molar-refractivity contribution is 7.07. The molecule has 0 radical (unpaired) electrons. The lowest BCUT2D eigenvalue weighted by Gasteiger charge is -2.30. The average Bonchev–Trinajstić information content (AvgIpc) is 3.09. The minimum atomic E-state index is -0.0306. The molecule has 0 saturated carbocycles. The zero-order valence-electron chi connectivity index (χ0n) is 10.8. The number of rotatable bonds is 2. The molecule has 1 N–H and O–H groups in total. The molecule has 5 heteroatoms. The van der Waals surface area contributed by atoms with Crippen molar-refractivity contribution in [1.82, 2.24) is 10.2 Å². The first-order valence-electron chi connectivity index (χ1n) is 6.85. The Bertz CT molecular complexity index is 462. The van der Waals surface area contributed by atoms with Gasteiger partial charge in [-0.15, -0.1) is 0 Å². The van der Waals surface area contributed by atoms with Crippen LogP contribution in [0.5, 0.6) is 0 Å². The van der Waals surface area contributed by atoms with E-state index in [1.807, 2.05) is 4.90 Å². The molecule has 19 heavy (non-hydrogen) atoms. The number of likely N-dealkylation sites (tertiary alicyclic amines) is 1. The Morgan fingerprint density at radius 3 is 3.00 bits per heavy atom. The fourth-order valence-electron chi connectivity index (χ4n) is 3.02. The van der Waals surface area contributed by atoms with E-state index in [2.05, 4.69) is 22.1 Å². The summed E-state index contributed by atoms with van der Waals surface area (Å²) in [6.45, 7) is 1.36. The molecule has 2 fully saturated rings. The Hall–Kier alpha value is -1.36. The summed E-state index contributed by atoms with van der Waals surface area (Å²) in [5.74, 6) is 0.255. The maximum Gasteiger partial charge on any atom is 0.227 e. The van der Waals surface area contributed by atoms with Gasteiger partial charge in [0.25, 0.3) is 0 Å². The van der Waals surface area contributed by atoms with Crippen LogP contribution in [0.3, 0.4) is 0 Å². The van der Waals surface area contributed by atoms with Crippen LogP contribution in [-0.4, -0.2) is 29.8 Å². The Balaban J connectivity index is 1.70. The molecule has 1 aromatic rings. The van der Waals surface area contributed by atoms with Gasteiger partial charge in [-0.1, -0.05) is 0 Å². The van der Waals surface area contributed by atoms with E-state index >= 15 is 0 Å². The van der Waals surface area contributed by atoms with E-state index in [4.69, 9.17) is 0 Å². The van der Waals surface area contributed by atoms with Crippen LogP contribution in [0.4, 0.5) is 0 Å². The number of piperidine rings is 1. The normalized spacial score (nSPS) is 27.4. The molecule has 0 aromatic carbocycles. The van der Waals surface area contributed by atoms with Crippen molar-refractivity contribution in [2.45, 2.75) is 31.7 Å². The van der Waals surface area contributed by atoms with Crippen molar-refractivity contribution in [3.8, 4) is 0 Å². The van der Waals surface area contributed by atoms with Gasteiger partial charge in [0.05, 0.1) is 12.0 Å². The van der Waals surface area contributed by atoms with Gasteiger partial charge < -0.3 is 10.2 Å². The van der Waals surface area contributed by atoms with E-state index in [0.29, 0.717) is 19.4 Å². The van der Waals surface area contributed by atoms with Gasteiger partial charge >= 0.3 is 0 Å². The average molecular weight is 278 g/mol. The van der Waals surface area contributed by atoms with Crippen molar-refractivity contribution in [3.63, 3.8) is 0 Å². The van der Waals surface area contributed by atoms with Crippen LogP contribution in [0.25, 0.3) is 0 Å². The second kappa shape index (κ2) is 5.33. The number of carbonyl (C=O) groups is 2. The van der Waals surface area contributed by atoms with Crippen molar-refractivity contribution in [2.75, 3.05) is 13.1 Å². The summed E-state index contributed by atoms with van der Waals surface area (Å²) in [6, 6.07) is 2.36. The number of thiophene rings is 1. The summed E-state index contributed by atoms with van der Waals surface area (Å²) in [5, 5.41) is 7.01. The molecule has 2 aliphatic rings. The van der Waals surface area contributed by atoms with Gasteiger partial charge in [-0.05, 0) is 41.7 Å². The predicted molar refractivity (Wildman–Crippen MR) is 73.7 cm³/mol. The van der Waals surface area contributed by atoms with E-state index in [1.54, 1.807) is 11.3 Å². The summed E-state index contributed by atoms with van der Waals surface area (Å²) in [5.41, 5.74) is 1.26. The fourth-order valence-corrected chi connectivity index (χ4v) is 3.73. The van der Waals surface area contributed by atoms with Crippen LogP contribution < -0.4 is 5.32 Å². The van der Waals surface area contributed by atoms with Crippen molar-refractivity contribution < 1.29 is 9.59 Å². The molecule has 2 saturated heterocycles. The molecule has 0 spiro atoms. The van der Waals surface area contributed by atoms with Crippen molar-refractivity contribution >= 4 is 23.2 Å². The molecule has 2 aliphatic heterocycles. The van der Waals surface area contributed by atoms with Gasteiger partial charge in [-0.2, -0.15) is 11.3 Å². The zero-order chi connectivity index (χ0) is 13.2. The first-order valence-corrected chi connectivity index (χ1v) is 7.79. The largest absolute Gasteiger partial charge is 0.355 e. The molecule has 3 heterocycles. The summed E-state index contributed by atoms with van der Waals surface area (Å²) in [7, 11) is 0. The SMILES string of the molecule is O=C1CC[C@H](C(=O)N2CCC[C@@H]2c2ccsc2)CN1. The molecule has 4 nitrogen and oxygen atoms in total. The molecule has 0 bridgehead atoms. The number of amides is 2. The predicted octanol–water partition coefficient (Wildman–Crippen LogP) is 1.94. The zero-order valence-corrected chi connectivity index (χ0v) is 11.6. The Labute approximate surface area is 116 Å². The van der Waals surface area contributed by atoms with E-state index in [9.17, 15) is 9.59 Å². The minimum absolute atomic E-state index is 0.0306. The lowest BCUT2D eigenvalue weighted by atomic mass is 9.97. The van der Waals surface area contributed by atoms with Crippen LogP contribution in [-0.2, 0) is 9.59 Å². The molecule has 2 amide bonds. The van der Waals surface area contributed by atoms with E-state index in [0.717, 1.165) is 19.4 Å². The number of nitrogens with zero attached hydrogens (tertiary/aromatic N) is 1. The topological polar surface area (TPSA) is 49.4 Å². The van der Waals surface area contributed by atoms with E-state index in [1.165, 1.54) is 5.56 Å². The molecule has 3 rings (SSSR count). The standard InChI is InChI=1S/C14H18N2O2S/c17-13-4-3-10(8-15-13)14(18)16-6-1-2-12(16)11-5-7-19-9-11/h5,7,9-10,12H,1-4,6,8H2,(H,15,17)/t10-,12+/m0/s1. The summed E-state index contributed by atoms with van der Waals surface area (Å²) >= 11 is 1.68. The summed E-state index contributed by atoms with van der Waals surface area (Å²) in [4.78, 5) is 25.8. The first-order chi connectivity index (χ1) is 9.25. The molecule has 0 aliphatic carbocycles. The highest BCUT2D eigenvalue weighted by Gasteiger charge is 2.35. The third-order valence-electron chi connectivity index (χ3n) is 4.08. The lowest BCUT2D eigenvalue weighted by molar-refractivity contribution is -0.138. The Kier molecular flexibility index (Phi) is 3.55. The molecule has 0 unspecified atom stereocenters. The fraction of sp³-hybridized carbons (Fsp3) is 0.571. The maximum absolute atomic E-state index is 12.6. The first kappa shape index (κ1) is 12.7. The number of hydrogen-bond donors (Lipinski definition) is 1. The Morgan fingerprint density at radius 2 is 2.32 bits per heavy atom. The van der Waals surface area contributed by atoms with Gasteiger partial charge in [0, 0.05) is 19.5 Å². The monoisotopic (exact) mass is 278 g/mol. The van der Waals surface area contributed by atoms with Crippen molar-refractivity contribution in [1.29, 1.82) is 0 Å². The highest BCUT2D eigenvalue weighted by atomic mass is 32.1. The maximum atomic E-state index is 12.6. The van der Waals surface area contributed by atoms with Gasteiger partial charge in [0.2, 0.25) is 11.8 Å². The smallest absolute Gasteiger partial charge is 0.227 e. The Morgan fingerprint density at radius 1 is 1.42 bits per heavy atom. The second-order valence-electron chi connectivity index (χ2n) is 5.29.